The molecule has 0 atom stereocenters. The van der Waals surface area contributed by atoms with E-state index < -0.39 is 0 Å². The Hall–Kier alpha value is -2.89. The van der Waals surface area contributed by atoms with Crippen LogP contribution in [-0.2, 0) is 6.54 Å². The summed E-state index contributed by atoms with van der Waals surface area (Å²) in [5.41, 5.74) is 1.85. The number of hydrogen-bond donors (Lipinski definition) is 1. The molecule has 6 heteroatoms. The summed E-state index contributed by atoms with van der Waals surface area (Å²) in [4.78, 5) is 21.6. The number of rotatable bonds is 5. The Labute approximate surface area is 158 Å². The van der Waals surface area contributed by atoms with Gasteiger partial charge in [0.2, 0.25) is 5.95 Å². The first-order valence-corrected chi connectivity index (χ1v) is 9.50. The molecule has 0 amide bonds. The Bertz CT molecular complexity index is 976. The molecule has 0 unspecified atom stereocenters. The minimum atomic E-state index is 0.0224. The normalized spacial score (nSPS) is 15.0. The average molecular weight is 364 g/mol. The molecule has 4 rings (SSSR count). The molecule has 1 aliphatic carbocycles. The SMILES string of the molecule is COc1ccc(CNc2ncc3ccc(=O)n(C4CCCCC4)c3n2)cc1. The van der Waals surface area contributed by atoms with Crippen LogP contribution in [0.5, 0.6) is 5.75 Å². The number of anilines is 1. The maximum Gasteiger partial charge on any atom is 0.252 e. The van der Waals surface area contributed by atoms with Gasteiger partial charge in [0.25, 0.3) is 5.56 Å². The topological polar surface area (TPSA) is 69.0 Å². The molecule has 2 heterocycles. The van der Waals surface area contributed by atoms with Crippen molar-refractivity contribution in [3.8, 4) is 5.75 Å². The van der Waals surface area contributed by atoms with Crippen molar-refractivity contribution >= 4 is 17.0 Å². The Balaban J connectivity index is 1.61. The van der Waals surface area contributed by atoms with E-state index in [9.17, 15) is 4.79 Å². The molecule has 1 aromatic carbocycles. The van der Waals surface area contributed by atoms with Gasteiger partial charge in [0, 0.05) is 30.2 Å². The van der Waals surface area contributed by atoms with Crippen molar-refractivity contribution in [3.63, 3.8) is 0 Å². The zero-order chi connectivity index (χ0) is 18.6. The molecule has 1 fully saturated rings. The van der Waals surface area contributed by atoms with Crippen LogP contribution in [0.2, 0.25) is 0 Å². The highest BCUT2D eigenvalue weighted by molar-refractivity contribution is 5.75. The smallest absolute Gasteiger partial charge is 0.252 e. The minimum Gasteiger partial charge on any atom is -0.497 e. The Morgan fingerprint density at radius 1 is 1.11 bits per heavy atom. The zero-order valence-corrected chi connectivity index (χ0v) is 15.5. The van der Waals surface area contributed by atoms with Crippen LogP contribution < -0.4 is 15.6 Å². The Morgan fingerprint density at radius 2 is 1.89 bits per heavy atom. The summed E-state index contributed by atoms with van der Waals surface area (Å²) < 4.78 is 7.05. The lowest BCUT2D eigenvalue weighted by Gasteiger charge is -2.24. The van der Waals surface area contributed by atoms with Crippen molar-refractivity contribution in [1.82, 2.24) is 14.5 Å². The lowest BCUT2D eigenvalue weighted by atomic mass is 9.95. The van der Waals surface area contributed by atoms with Gasteiger partial charge in [-0.1, -0.05) is 31.4 Å². The van der Waals surface area contributed by atoms with Crippen molar-refractivity contribution in [2.75, 3.05) is 12.4 Å². The quantitative estimate of drug-likeness (QED) is 0.743. The van der Waals surface area contributed by atoms with Gasteiger partial charge in [-0.3, -0.25) is 9.36 Å². The standard InChI is InChI=1S/C21H24N4O2/c1-27-18-10-7-15(8-11-18)13-22-21-23-14-16-9-12-19(26)25(20(16)24-21)17-5-3-2-4-6-17/h7-12,14,17H,2-6,13H2,1H3,(H,22,23,24). The average Bonchev–Trinajstić information content (AvgIpc) is 2.73. The third-order valence-corrected chi connectivity index (χ3v) is 5.22. The third-order valence-electron chi connectivity index (χ3n) is 5.22. The predicted octanol–water partition coefficient (Wildman–Crippen LogP) is 3.92. The van der Waals surface area contributed by atoms with E-state index in [1.54, 1.807) is 19.4 Å². The number of ether oxygens (including phenoxy) is 1. The predicted molar refractivity (Wildman–Crippen MR) is 106 cm³/mol. The summed E-state index contributed by atoms with van der Waals surface area (Å²) in [7, 11) is 1.65. The second kappa shape index (κ2) is 7.78. The zero-order valence-electron chi connectivity index (χ0n) is 15.5. The maximum absolute atomic E-state index is 12.6. The third kappa shape index (κ3) is 3.79. The van der Waals surface area contributed by atoms with Gasteiger partial charge in [0.05, 0.1) is 7.11 Å². The number of pyridine rings is 1. The van der Waals surface area contributed by atoms with Crippen molar-refractivity contribution < 1.29 is 4.74 Å². The summed E-state index contributed by atoms with van der Waals surface area (Å²) in [5.74, 6) is 1.37. The van der Waals surface area contributed by atoms with Gasteiger partial charge in [-0.15, -0.1) is 0 Å². The van der Waals surface area contributed by atoms with Gasteiger partial charge in [-0.2, -0.15) is 4.98 Å². The van der Waals surface area contributed by atoms with Crippen LogP contribution in [0.3, 0.4) is 0 Å². The molecule has 140 valence electrons. The minimum absolute atomic E-state index is 0.0224. The van der Waals surface area contributed by atoms with E-state index in [0.717, 1.165) is 35.2 Å². The molecular formula is C21H24N4O2. The van der Waals surface area contributed by atoms with E-state index >= 15 is 0 Å². The fraction of sp³-hybridized carbons (Fsp3) is 0.381. The largest absolute Gasteiger partial charge is 0.497 e. The van der Waals surface area contributed by atoms with Crippen LogP contribution in [0.25, 0.3) is 11.0 Å². The Morgan fingerprint density at radius 3 is 2.63 bits per heavy atom. The molecule has 2 aromatic heterocycles. The van der Waals surface area contributed by atoms with E-state index in [2.05, 4.69) is 15.3 Å². The van der Waals surface area contributed by atoms with Crippen molar-refractivity contribution in [2.45, 2.75) is 44.7 Å². The second-order valence-electron chi connectivity index (χ2n) is 7.01. The lowest BCUT2D eigenvalue weighted by molar-refractivity contribution is 0.353. The van der Waals surface area contributed by atoms with Gasteiger partial charge in [-0.25, -0.2) is 4.98 Å². The molecule has 1 saturated carbocycles. The molecule has 6 nitrogen and oxygen atoms in total. The molecule has 1 N–H and O–H groups in total. The lowest BCUT2D eigenvalue weighted by Crippen LogP contribution is -2.26. The van der Waals surface area contributed by atoms with Gasteiger partial charge in [0.15, 0.2) is 0 Å². The number of nitrogens with one attached hydrogen (secondary N) is 1. The molecular weight excluding hydrogens is 340 g/mol. The monoisotopic (exact) mass is 364 g/mol. The highest BCUT2D eigenvalue weighted by Crippen LogP contribution is 2.29. The summed E-state index contributed by atoms with van der Waals surface area (Å²) in [6.45, 7) is 0.607. The maximum atomic E-state index is 12.6. The van der Waals surface area contributed by atoms with Crippen LogP contribution in [-0.4, -0.2) is 21.6 Å². The molecule has 0 aliphatic heterocycles. The van der Waals surface area contributed by atoms with E-state index in [-0.39, 0.29) is 11.6 Å². The van der Waals surface area contributed by atoms with Crippen LogP contribution in [0.15, 0.2) is 47.4 Å². The number of hydrogen-bond acceptors (Lipinski definition) is 5. The number of fused-ring (bicyclic) bond motifs is 1. The summed E-state index contributed by atoms with van der Waals surface area (Å²) >= 11 is 0. The first kappa shape index (κ1) is 17.5. The van der Waals surface area contributed by atoms with E-state index in [1.165, 1.54) is 19.3 Å². The number of methoxy groups -OCH3 is 1. The molecule has 0 radical (unpaired) electrons. The first-order chi connectivity index (χ1) is 13.2. The molecule has 3 aromatic rings. The van der Waals surface area contributed by atoms with Crippen molar-refractivity contribution in [1.29, 1.82) is 0 Å². The highest BCUT2D eigenvalue weighted by Gasteiger charge is 2.19. The molecule has 0 bridgehead atoms. The van der Waals surface area contributed by atoms with Gasteiger partial charge < -0.3 is 10.1 Å². The van der Waals surface area contributed by atoms with Crippen LogP contribution in [0.1, 0.15) is 43.7 Å². The molecule has 1 aliphatic rings. The van der Waals surface area contributed by atoms with Gasteiger partial charge in [-0.05, 0) is 36.6 Å². The summed E-state index contributed by atoms with van der Waals surface area (Å²) in [6.07, 6.45) is 7.45. The van der Waals surface area contributed by atoms with E-state index in [0.29, 0.717) is 12.5 Å². The Kier molecular flexibility index (Phi) is 5.05. The van der Waals surface area contributed by atoms with Crippen molar-refractivity contribution in [3.05, 3.63) is 58.5 Å². The highest BCUT2D eigenvalue weighted by atomic mass is 16.5. The fourth-order valence-corrected chi connectivity index (χ4v) is 3.74. The van der Waals surface area contributed by atoms with Crippen molar-refractivity contribution in [2.24, 2.45) is 0 Å². The first-order valence-electron chi connectivity index (χ1n) is 9.50. The van der Waals surface area contributed by atoms with Gasteiger partial charge >= 0.3 is 0 Å². The second-order valence-corrected chi connectivity index (χ2v) is 7.01. The number of benzene rings is 1. The van der Waals surface area contributed by atoms with Gasteiger partial charge in [0.1, 0.15) is 11.4 Å². The summed E-state index contributed by atoms with van der Waals surface area (Å²) in [5, 5.41) is 4.16. The molecule has 0 saturated heterocycles. The van der Waals surface area contributed by atoms with E-state index in [1.807, 2.05) is 34.9 Å². The van der Waals surface area contributed by atoms with Crippen LogP contribution in [0.4, 0.5) is 5.95 Å². The molecule has 27 heavy (non-hydrogen) atoms. The molecule has 0 spiro atoms. The number of nitrogens with zero attached hydrogens (tertiary/aromatic N) is 3. The summed E-state index contributed by atoms with van der Waals surface area (Å²) in [6, 6.07) is 11.5. The van der Waals surface area contributed by atoms with Crippen LogP contribution in [0, 0.1) is 0 Å². The number of aromatic nitrogens is 3. The fourth-order valence-electron chi connectivity index (χ4n) is 3.74. The van der Waals surface area contributed by atoms with E-state index in [4.69, 9.17) is 4.74 Å². The van der Waals surface area contributed by atoms with Crippen LogP contribution >= 0.6 is 0 Å².